The molecule has 0 radical (unpaired) electrons. The fraction of sp³-hybridized carbons (Fsp3) is 0.385. The maximum atomic E-state index is 11.4. The number of carboxylic acid groups (broad SMARTS) is 1. The molecule has 0 heterocycles. The van der Waals surface area contributed by atoms with Gasteiger partial charge in [-0.25, -0.2) is 0 Å². The number of rotatable bonds is 2. The van der Waals surface area contributed by atoms with Crippen molar-refractivity contribution in [1.82, 2.24) is 0 Å². The molecule has 0 saturated heterocycles. The van der Waals surface area contributed by atoms with Crippen LogP contribution in [0.2, 0.25) is 0 Å². The molecule has 1 fully saturated rings. The minimum Gasteiger partial charge on any atom is -0.481 e. The van der Waals surface area contributed by atoms with E-state index in [1.165, 1.54) is 0 Å². The number of benzene rings is 1. The van der Waals surface area contributed by atoms with Crippen LogP contribution in [0.25, 0.3) is 0 Å². The van der Waals surface area contributed by atoms with Crippen LogP contribution < -0.4 is 0 Å². The minimum atomic E-state index is -0.790. The van der Waals surface area contributed by atoms with Crippen molar-refractivity contribution in [3.05, 3.63) is 35.9 Å². The molecule has 1 aliphatic carbocycles. The highest BCUT2D eigenvalue weighted by atomic mass is 16.4. The van der Waals surface area contributed by atoms with Crippen molar-refractivity contribution in [3.63, 3.8) is 0 Å². The number of hydrogen-bond donors (Lipinski definition) is 1. The van der Waals surface area contributed by atoms with Crippen molar-refractivity contribution >= 4 is 11.8 Å². The largest absolute Gasteiger partial charge is 0.481 e. The molecule has 2 rings (SSSR count). The normalized spacial score (nSPS) is 25.4. The molecule has 0 aromatic heterocycles. The molecule has 3 heteroatoms. The van der Waals surface area contributed by atoms with Crippen LogP contribution in [0.15, 0.2) is 30.3 Å². The first-order valence-corrected chi connectivity index (χ1v) is 5.48. The first-order valence-electron chi connectivity index (χ1n) is 5.48. The number of Topliss-reactive ketones (excluding diaryl/α,β-unsaturated/α-hetero) is 1. The van der Waals surface area contributed by atoms with E-state index in [4.69, 9.17) is 5.11 Å². The van der Waals surface area contributed by atoms with Gasteiger partial charge in [0.15, 0.2) is 0 Å². The van der Waals surface area contributed by atoms with Crippen LogP contribution in [-0.4, -0.2) is 16.9 Å². The molecular weight excluding hydrogens is 204 g/mol. The van der Waals surface area contributed by atoms with E-state index in [0.717, 1.165) is 5.56 Å². The Balaban J connectivity index is 2.27. The average Bonchev–Trinajstić information content (AvgIpc) is 2.29. The summed E-state index contributed by atoms with van der Waals surface area (Å²) in [4.78, 5) is 22.6. The summed E-state index contributed by atoms with van der Waals surface area (Å²) < 4.78 is 0. The lowest BCUT2D eigenvalue weighted by Gasteiger charge is -2.27. The topological polar surface area (TPSA) is 54.4 Å². The number of carboxylic acids is 1. The second kappa shape index (κ2) is 4.47. The van der Waals surface area contributed by atoms with Crippen LogP contribution in [0.4, 0.5) is 0 Å². The van der Waals surface area contributed by atoms with E-state index in [0.29, 0.717) is 19.3 Å². The van der Waals surface area contributed by atoms with Gasteiger partial charge in [-0.15, -0.1) is 0 Å². The van der Waals surface area contributed by atoms with E-state index in [1.54, 1.807) is 0 Å². The van der Waals surface area contributed by atoms with Crippen LogP contribution >= 0.6 is 0 Å². The molecule has 1 aromatic carbocycles. The van der Waals surface area contributed by atoms with E-state index in [2.05, 4.69) is 0 Å². The summed E-state index contributed by atoms with van der Waals surface area (Å²) in [6.07, 6.45) is 1.23. The quantitative estimate of drug-likeness (QED) is 0.828. The molecule has 1 saturated carbocycles. The molecule has 0 spiro atoms. The fourth-order valence-electron chi connectivity index (χ4n) is 2.35. The molecule has 1 aromatic rings. The molecule has 2 atom stereocenters. The van der Waals surface area contributed by atoms with Gasteiger partial charge >= 0.3 is 5.97 Å². The number of aliphatic carboxylic acids is 1. The van der Waals surface area contributed by atoms with Crippen molar-refractivity contribution in [2.45, 2.75) is 25.2 Å². The van der Waals surface area contributed by atoms with Crippen molar-refractivity contribution < 1.29 is 14.7 Å². The second-order valence-corrected chi connectivity index (χ2v) is 4.24. The van der Waals surface area contributed by atoms with Crippen molar-refractivity contribution in [1.29, 1.82) is 0 Å². The maximum Gasteiger partial charge on any atom is 0.307 e. The third-order valence-electron chi connectivity index (χ3n) is 3.21. The Morgan fingerprint density at radius 2 is 1.94 bits per heavy atom. The summed E-state index contributed by atoms with van der Waals surface area (Å²) in [6, 6.07) is 9.46. The first kappa shape index (κ1) is 10.9. The van der Waals surface area contributed by atoms with Crippen molar-refractivity contribution in [2.24, 2.45) is 5.92 Å². The Labute approximate surface area is 94.1 Å². The summed E-state index contributed by atoms with van der Waals surface area (Å²) in [7, 11) is 0. The molecule has 1 N–H and O–H groups in total. The standard InChI is InChI=1S/C13H14O3/c14-10-6-7-11(13(15)16)12(8-10)9-4-2-1-3-5-9/h1-5,11-12H,6-8H2,(H,15,16). The summed E-state index contributed by atoms with van der Waals surface area (Å²) in [5.41, 5.74) is 0.961. The molecule has 84 valence electrons. The van der Waals surface area contributed by atoms with Gasteiger partial charge in [0.2, 0.25) is 0 Å². The summed E-state index contributed by atoms with van der Waals surface area (Å²) in [6.45, 7) is 0. The summed E-state index contributed by atoms with van der Waals surface area (Å²) in [5.74, 6) is -1.19. The number of carbonyl (C=O) groups excluding carboxylic acids is 1. The lowest BCUT2D eigenvalue weighted by atomic mass is 9.75. The molecule has 16 heavy (non-hydrogen) atoms. The maximum absolute atomic E-state index is 11.4. The van der Waals surface area contributed by atoms with E-state index in [9.17, 15) is 9.59 Å². The van der Waals surface area contributed by atoms with E-state index in [1.807, 2.05) is 30.3 Å². The Kier molecular flexibility index (Phi) is 3.04. The van der Waals surface area contributed by atoms with Crippen LogP contribution in [0.5, 0.6) is 0 Å². The van der Waals surface area contributed by atoms with Crippen LogP contribution in [0.3, 0.4) is 0 Å². The number of hydrogen-bond acceptors (Lipinski definition) is 2. The van der Waals surface area contributed by atoms with Gasteiger partial charge in [0.05, 0.1) is 5.92 Å². The molecule has 1 aliphatic rings. The molecule has 2 unspecified atom stereocenters. The van der Waals surface area contributed by atoms with Crippen molar-refractivity contribution in [3.8, 4) is 0 Å². The van der Waals surface area contributed by atoms with Gasteiger partial charge in [0, 0.05) is 18.8 Å². The minimum absolute atomic E-state index is 0.153. The molecule has 0 amide bonds. The van der Waals surface area contributed by atoms with Gasteiger partial charge in [-0.05, 0) is 12.0 Å². The van der Waals surface area contributed by atoms with Gasteiger partial charge in [0.1, 0.15) is 5.78 Å². The third-order valence-corrected chi connectivity index (χ3v) is 3.21. The number of carbonyl (C=O) groups is 2. The average molecular weight is 218 g/mol. The van der Waals surface area contributed by atoms with Gasteiger partial charge in [0.25, 0.3) is 0 Å². The summed E-state index contributed by atoms with van der Waals surface area (Å²) in [5, 5.41) is 9.14. The van der Waals surface area contributed by atoms with Gasteiger partial charge in [-0.2, -0.15) is 0 Å². The highest BCUT2D eigenvalue weighted by Gasteiger charge is 2.34. The van der Waals surface area contributed by atoms with E-state index in [-0.39, 0.29) is 11.7 Å². The zero-order chi connectivity index (χ0) is 11.5. The lowest BCUT2D eigenvalue weighted by Crippen LogP contribution is -2.29. The first-order chi connectivity index (χ1) is 7.68. The Morgan fingerprint density at radius 1 is 1.25 bits per heavy atom. The summed E-state index contributed by atoms with van der Waals surface area (Å²) >= 11 is 0. The Hall–Kier alpha value is -1.64. The van der Waals surface area contributed by atoms with Gasteiger partial charge < -0.3 is 5.11 Å². The highest BCUT2D eigenvalue weighted by Crippen LogP contribution is 2.36. The second-order valence-electron chi connectivity index (χ2n) is 4.24. The SMILES string of the molecule is O=C1CCC(C(=O)O)C(c2ccccc2)C1. The van der Waals surface area contributed by atoms with Gasteiger partial charge in [-0.3, -0.25) is 9.59 Å². The zero-order valence-corrected chi connectivity index (χ0v) is 8.93. The highest BCUT2D eigenvalue weighted by molar-refractivity contribution is 5.83. The molecule has 0 bridgehead atoms. The predicted molar refractivity (Wildman–Crippen MR) is 59.2 cm³/mol. The number of ketones is 1. The van der Waals surface area contributed by atoms with Crippen LogP contribution in [0.1, 0.15) is 30.7 Å². The van der Waals surface area contributed by atoms with Gasteiger partial charge in [-0.1, -0.05) is 30.3 Å². The fourth-order valence-corrected chi connectivity index (χ4v) is 2.35. The van der Waals surface area contributed by atoms with Crippen LogP contribution in [-0.2, 0) is 9.59 Å². The third kappa shape index (κ3) is 2.13. The smallest absolute Gasteiger partial charge is 0.307 e. The predicted octanol–water partition coefficient (Wildman–Crippen LogP) is 2.22. The monoisotopic (exact) mass is 218 g/mol. The molecular formula is C13H14O3. The van der Waals surface area contributed by atoms with E-state index < -0.39 is 11.9 Å². The zero-order valence-electron chi connectivity index (χ0n) is 8.93. The molecule has 0 aliphatic heterocycles. The Morgan fingerprint density at radius 3 is 2.56 bits per heavy atom. The Bertz CT molecular complexity index is 397. The lowest BCUT2D eigenvalue weighted by molar-refractivity contribution is -0.144. The van der Waals surface area contributed by atoms with E-state index >= 15 is 0 Å². The van der Waals surface area contributed by atoms with Crippen LogP contribution in [0, 0.1) is 5.92 Å². The molecule has 3 nitrogen and oxygen atoms in total. The van der Waals surface area contributed by atoms with Crippen molar-refractivity contribution in [2.75, 3.05) is 0 Å².